The summed E-state index contributed by atoms with van der Waals surface area (Å²) in [4.78, 5) is 13.8. The Hall–Kier alpha value is -1.90. The number of nitriles is 1. The Bertz CT molecular complexity index is 636. The van der Waals surface area contributed by atoms with E-state index in [4.69, 9.17) is 0 Å². The van der Waals surface area contributed by atoms with E-state index in [1.54, 1.807) is 7.05 Å². The highest BCUT2D eigenvalue weighted by atomic mass is 16.3. The maximum absolute atomic E-state index is 11.6. The summed E-state index contributed by atoms with van der Waals surface area (Å²) in [5.41, 5.74) is 0.601. The summed E-state index contributed by atoms with van der Waals surface area (Å²) in [6, 6.07) is 10.3. The number of carbonyl (C=O) groups excluding carboxylic acids is 1. The van der Waals surface area contributed by atoms with E-state index in [1.807, 2.05) is 38.1 Å². The van der Waals surface area contributed by atoms with Crippen molar-refractivity contribution in [2.45, 2.75) is 50.7 Å². The van der Waals surface area contributed by atoms with E-state index in [0.717, 1.165) is 24.1 Å². The van der Waals surface area contributed by atoms with Gasteiger partial charge in [0, 0.05) is 20.1 Å². The molecule has 1 atom stereocenters. The molecule has 0 bridgehead atoms. The van der Waals surface area contributed by atoms with Gasteiger partial charge in [-0.25, -0.2) is 0 Å². The topological polar surface area (TPSA) is 76.4 Å². The third kappa shape index (κ3) is 4.34. The molecular formula is C19H27N3O2. The maximum Gasteiger partial charge on any atom is 0.222 e. The molecule has 5 heteroatoms. The lowest BCUT2D eigenvalue weighted by Gasteiger charge is -2.39. The van der Waals surface area contributed by atoms with Gasteiger partial charge in [0.2, 0.25) is 5.91 Å². The molecule has 2 rings (SSSR count). The van der Waals surface area contributed by atoms with Gasteiger partial charge in [0.25, 0.3) is 0 Å². The molecular weight excluding hydrogens is 302 g/mol. The van der Waals surface area contributed by atoms with Crippen molar-refractivity contribution in [2.75, 3.05) is 20.1 Å². The van der Waals surface area contributed by atoms with Crippen molar-refractivity contribution < 1.29 is 9.90 Å². The molecule has 1 fully saturated rings. The van der Waals surface area contributed by atoms with E-state index in [9.17, 15) is 15.2 Å². The second-order valence-electron chi connectivity index (χ2n) is 7.28. The standard InChI is InChI=1S/C19H27N3O2/c1-18(2,13-20)16-8-5-4-7-15(16)12-22-10-6-9-19(24,14-22)11-17(23)21-3/h4-5,7-8,24H,6,9-12,14H2,1-3H3,(H,21,23). The summed E-state index contributed by atoms with van der Waals surface area (Å²) in [7, 11) is 1.59. The monoisotopic (exact) mass is 329 g/mol. The first-order valence-corrected chi connectivity index (χ1v) is 8.45. The molecule has 1 saturated heterocycles. The molecule has 0 radical (unpaired) electrons. The summed E-state index contributed by atoms with van der Waals surface area (Å²) >= 11 is 0. The lowest BCUT2D eigenvalue weighted by Crippen LogP contribution is -2.50. The fourth-order valence-corrected chi connectivity index (χ4v) is 3.44. The van der Waals surface area contributed by atoms with Crippen LogP contribution in [0.2, 0.25) is 0 Å². The van der Waals surface area contributed by atoms with E-state index < -0.39 is 11.0 Å². The van der Waals surface area contributed by atoms with Crippen molar-refractivity contribution in [3.05, 3.63) is 35.4 Å². The van der Waals surface area contributed by atoms with Gasteiger partial charge in [0.1, 0.15) is 0 Å². The van der Waals surface area contributed by atoms with Crippen molar-refractivity contribution in [2.24, 2.45) is 0 Å². The number of aliphatic hydroxyl groups is 1. The van der Waals surface area contributed by atoms with Crippen LogP contribution in [0.1, 0.15) is 44.2 Å². The van der Waals surface area contributed by atoms with E-state index >= 15 is 0 Å². The normalized spacial score (nSPS) is 22.0. The second kappa shape index (κ2) is 7.33. The number of nitrogens with one attached hydrogen (secondary N) is 1. The van der Waals surface area contributed by atoms with Crippen LogP contribution >= 0.6 is 0 Å². The largest absolute Gasteiger partial charge is 0.388 e. The maximum atomic E-state index is 11.6. The molecule has 0 aliphatic carbocycles. The molecule has 0 saturated carbocycles. The van der Waals surface area contributed by atoms with Gasteiger partial charge in [-0.1, -0.05) is 24.3 Å². The van der Waals surface area contributed by atoms with Gasteiger partial charge < -0.3 is 10.4 Å². The number of piperidine rings is 1. The summed E-state index contributed by atoms with van der Waals surface area (Å²) in [6.07, 6.45) is 1.63. The Morgan fingerprint density at radius 3 is 2.83 bits per heavy atom. The number of hydrogen-bond donors (Lipinski definition) is 2. The highest BCUT2D eigenvalue weighted by molar-refractivity contribution is 5.76. The number of carbonyl (C=O) groups is 1. The number of nitrogens with zero attached hydrogens (tertiary/aromatic N) is 2. The molecule has 130 valence electrons. The van der Waals surface area contributed by atoms with Gasteiger partial charge in [-0.3, -0.25) is 9.69 Å². The zero-order valence-electron chi connectivity index (χ0n) is 14.8. The number of benzene rings is 1. The fraction of sp³-hybridized carbons (Fsp3) is 0.579. The third-order valence-electron chi connectivity index (χ3n) is 4.77. The number of amides is 1. The number of hydrogen-bond acceptors (Lipinski definition) is 4. The van der Waals surface area contributed by atoms with Gasteiger partial charge in [0.15, 0.2) is 0 Å². The van der Waals surface area contributed by atoms with Crippen LogP contribution in [-0.4, -0.2) is 41.7 Å². The summed E-state index contributed by atoms with van der Waals surface area (Å²) in [5.74, 6) is -0.134. The van der Waals surface area contributed by atoms with Crippen molar-refractivity contribution >= 4 is 5.91 Å². The van der Waals surface area contributed by atoms with Gasteiger partial charge >= 0.3 is 0 Å². The molecule has 2 N–H and O–H groups in total. The molecule has 5 nitrogen and oxygen atoms in total. The number of rotatable bonds is 5. The first kappa shape index (κ1) is 18.4. The number of β-amino-alcohol motifs (C(OH)–C–C–N with tert-alkyl or cyclic N) is 1. The minimum Gasteiger partial charge on any atom is -0.388 e. The average Bonchev–Trinajstić information content (AvgIpc) is 2.54. The van der Waals surface area contributed by atoms with Crippen LogP contribution < -0.4 is 5.32 Å². The fourth-order valence-electron chi connectivity index (χ4n) is 3.44. The van der Waals surface area contributed by atoms with Gasteiger partial charge in [-0.2, -0.15) is 5.26 Å². The molecule has 1 amide bonds. The SMILES string of the molecule is CNC(=O)CC1(O)CCCN(Cc2ccccc2C(C)(C)C#N)C1. The Morgan fingerprint density at radius 2 is 2.17 bits per heavy atom. The van der Waals surface area contributed by atoms with E-state index in [-0.39, 0.29) is 12.3 Å². The Labute approximate surface area is 144 Å². The predicted molar refractivity (Wildman–Crippen MR) is 93.2 cm³/mol. The zero-order valence-corrected chi connectivity index (χ0v) is 14.8. The van der Waals surface area contributed by atoms with Crippen LogP contribution in [0.15, 0.2) is 24.3 Å². The molecule has 1 aromatic rings. The van der Waals surface area contributed by atoms with E-state index in [2.05, 4.69) is 16.3 Å². The number of likely N-dealkylation sites (tertiary alicyclic amines) is 1. The lowest BCUT2D eigenvalue weighted by molar-refractivity contribution is -0.128. The minimum absolute atomic E-state index is 0.130. The lowest BCUT2D eigenvalue weighted by atomic mass is 9.82. The highest BCUT2D eigenvalue weighted by Crippen LogP contribution is 2.29. The predicted octanol–water partition coefficient (Wildman–Crippen LogP) is 1.95. The summed E-state index contributed by atoms with van der Waals surface area (Å²) < 4.78 is 0. The Balaban J connectivity index is 2.15. The molecule has 1 aromatic carbocycles. The van der Waals surface area contributed by atoms with Gasteiger partial charge in [-0.05, 0) is 44.4 Å². The van der Waals surface area contributed by atoms with Gasteiger partial charge in [0.05, 0.1) is 23.5 Å². The third-order valence-corrected chi connectivity index (χ3v) is 4.77. The molecule has 0 aromatic heterocycles. The van der Waals surface area contributed by atoms with Crippen LogP contribution in [0, 0.1) is 11.3 Å². The summed E-state index contributed by atoms with van der Waals surface area (Å²) in [6.45, 7) is 5.88. The average molecular weight is 329 g/mol. The van der Waals surface area contributed by atoms with Crippen LogP contribution in [-0.2, 0) is 16.8 Å². The molecule has 0 spiro atoms. The van der Waals surface area contributed by atoms with Crippen molar-refractivity contribution in [3.8, 4) is 6.07 Å². The molecule has 1 heterocycles. The second-order valence-corrected chi connectivity index (χ2v) is 7.28. The molecule has 1 unspecified atom stereocenters. The van der Waals surface area contributed by atoms with Crippen LogP contribution in [0.4, 0.5) is 0 Å². The molecule has 1 aliphatic heterocycles. The highest BCUT2D eigenvalue weighted by Gasteiger charge is 2.35. The summed E-state index contributed by atoms with van der Waals surface area (Å²) in [5, 5.41) is 22.8. The van der Waals surface area contributed by atoms with Gasteiger partial charge in [-0.15, -0.1) is 0 Å². The van der Waals surface area contributed by atoms with Crippen molar-refractivity contribution in [1.82, 2.24) is 10.2 Å². The molecule has 1 aliphatic rings. The van der Waals surface area contributed by atoms with Crippen LogP contribution in [0.5, 0.6) is 0 Å². The Kier molecular flexibility index (Phi) is 5.63. The van der Waals surface area contributed by atoms with Crippen molar-refractivity contribution in [3.63, 3.8) is 0 Å². The van der Waals surface area contributed by atoms with E-state index in [1.165, 1.54) is 0 Å². The minimum atomic E-state index is -0.974. The first-order chi connectivity index (χ1) is 11.3. The van der Waals surface area contributed by atoms with Crippen LogP contribution in [0.3, 0.4) is 0 Å². The Morgan fingerprint density at radius 1 is 1.46 bits per heavy atom. The van der Waals surface area contributed by atoms with E-state index in [0.29, 0.717) is 19.5 Å². The molecule has 24 heavy (non-hydrogen) atoms. The van der Waals surface area contributed by atoms with Crippen molar-refractivity contribution in [1.29, 1.82) is 5.26 Å². The first-order valence-electron chi connectivity index (χ1n) is 8.45. The smallest absolute Gasteiger partial charge is 0.222 e. The zero-order chi connectivity index (χ0) is 17.8. The van der Waals surface area contributed by atoms with Crippen LogP contribution in [0.25, 0.3) is 0 Å². The quantitative estimate of drug-likeness (QED) is 0.866.